The smallest absolute Gasteiger partial charge is 0.210 e. The van der Waals surface area contributed by atoms with Crippen molar-refractivity contribution in [3.8, 4) is 0 Å². The van der Waals surface area contributed by atoms with Crippen LogP contribution >= 0.6 is 0 Å². The van der Waals surface area contributed by atoms with E-state index in [1.165, 1.54) is 5.56 Å². The topological polar surface area (TPSA) is 76.3 Å². The van der Waals surface area contributed by atoms with E-state index in [0.717, 1.165) is 31.5 Å². The molecule has 1 saturated heterocycles. The first-order chi connectivity index (χ1) is 8.94. The summed E-state index contributed by atoms with van der Waals surface area (Å²) >= 11 is 0. The predicted octanol–water partition coefficient (Wildman–Crippen LogP) is 1.03. The van der Waals surface area contributed by atoms with Crippen molar-refractivity contribution in [2.75, 3.05) is 12.3 Å². The Hall–Kier alpha value is -0.980. The summed E-state index contributed by atoms with van der Waals surface area (Å²) in [6.45, 7) is 3.64. The lowest BCUT2D eigenvalue weighted by Gasteiger charge is -2.34. The number of nitrogens with two attached hydrogens (primary N) is 1. The Morgan fingerprint density at radius 3 is 2.95 bits per heavy atom. The van der Waals surface area contributed by atoms with Crippen LogP contribution < -0.4 is 5.14 Å². The van der Waals surface area contributed by atoms with Crippen molar-refractivity contribution in [2.45, 2.75) is 38.8 Å². The van der Waals surface area contributed by atoms with E-state index >= 15 is 0 Å². The Morgan fingerprint density at radius 2 is 2.26 bits per heavy atom. The Labute approximate surface area is 114 Å². The molecule has 1 atom stereocenters. The quantitative estimate of drug-likeness (QED) is 0.895. The lowest BCUT2D eigenvalue weighted by atomic mass is 10.0. The Balaban J connectivity index is 2.07. The van der Waals surface area contributed by atoms with E-state index in [1.807, 2.05) is 19.1 Å². The Morgan fingerprint density at radius 1 is 1.47 bits per heavy atom. The highest BCUT2D eigenvalue weighted by molar-refractivity contribution is 7.89. The third-order valence-electron chi connectivity index (χ3n) is 3.51. The van der Waals surface area contributed by atoms with Crippen molar-refractivity contribution in [1.82, 2.24) is 9.88 Å². The van der Waals surface area contributed by atoms with Gasteiger partial charge in [0.2, 0.25) is 10.0 Å². The monoisotopic (exact) mass is 283 g/mol. The van der Waals surface area contributed by atoms with Gasteiger partial charge >= 0.3 is 0 Å². The van der Waals surface area contributed by atoms with Gasteiger partial charge in [-0.2, -0.15) is 0 Å². The molecule has 1 aliphatic rings. The maximum atomic E-state index is 11.3. The second kappa shape index (κ2) is 5.98. The van der Waals surface area contributed by atoms with E-state index < -0.39 is 10.0 Å². The van der Waals surface area contributed by atoms with E-state index in [0.29, 0.717) is 6.54 Å². The number of primary sulfonamides is 1. The van der Waals surface area contributed by atoms with Gasteiger partial charge < -0.3 is 0 Å². The maximum absolute atomic E-state index is 11.3. The summed E-state index contributed by atoms with van der Waals surface area (Å²) in [6.07, 6.45) is 4.86. The van der Waals surface area contributed by atoms with E-state index in [1.54, 1.807) is 6.20 Å². The van der Waals surface area contributed by atoms with Gasteiger partial charge in [0, 0.05) is 18.8 Å². The predicted molar refractivity (Wildman–Crippen MR) is 75.0 cm³/mol. The van der Waals surface area contributed by atoms with Gasteiger partial charge in [-0.25, -0.2) is 13.6 Å². The molecule has 2 heterocycles. The number of likely N-dealkylation sites (tertiary alicyclic amines) is 1. The van der Waals surface area contributed by atoms with Crippen LogP contribution in [0.4, 0.5) is 0 Å². The van der Waals surface area contributed by atoms with Gasteiger partial charge in [0.05, 0.1) is 11.4 Å². The van der Waals surface area contributed by atoms with Crippen LogP contribution in [0, 0.1) is 6.92 Å². The number of piperidine rings is 1. The zero-order valence-electron chi connectivity index (χ0n) is 11.2. The molecule has 1 aromatic rings. The third-order valence-corrected chi connectivity index (χ3v) is 4.36. The average molecular weight is 283 g/mol. The van der Waals surface area contributed by atoms with Crippen molar-refractivity contribution in [3.05, 3.63) is 29.6 Å². The summed E-state index contributed by atoms with van der Waals surface area (Å²) in [5, 5.41) is 5.18. The van der Waals surface area contributed by atoms with Crippen LogP contribution in [-0.2, 0) is 16.6 Å². The number of sulfonamides is 1. The summed E-state index contributed by atoms with van der Waals surface area (Å²) in [6, 6.07) is 4.02. The summed E-state index contributed by atoms with van der Waals surface area (Å²) in [4.78, 5) is 6.53. The Kier molecular flexibility index (Phi) is 4.54. The van der Waals surface area contributed by atoms with Gasteiger partial charge in [0.15, 0.2) is 0 Å². The minimum atomic E-state index is -3.42. The standard InChI is InChI=1S/C13H21N3O2S/c1-11-5-6-15-12(8-11)9-16-7-3-2-4-13(16)10-19(14,17)18/h5-6,8,13H,2-4,7,9-10H2,1H3,(H2,14,17,18). The molecular formula is C13H21N3O2S. The lowest BCUT2D eigenvalue weighted by molar-refractivity contribution is 0.152. The molecular weight excluding hydrogens is 262 g/mol. The highest BCUT2D eigenvalue weighted by atomic mass is 32.2. The van der Waals surface area contributed by atoms with Gasteiger partial charge in [-0.3, -0.25) is 9.88 Å². The number of aryl methyl sites for hydroxylation is 1. The van der Waals surface area contributed by atoms with Crippen molar-refractivity contribution >= 4 is 10.0 Å². The first-order valence-electron chi connectivity index (χ1n) is 6.60. The molecule has 6 heteroatoms. The molecule has 0 aliphatic carbocycles. The molecule has 1 fully saturated rings. The zero-order valence-corrected chi connectivity index (χ0v) is 12.1. The van der Waals surface area contributed by atoms with Crippen molar-refractivity contribution in [1.29, 1.82) is 0 Å². The highest BCUT2D eigenvalue weighted by Crippen LogP contribution is 2.20. The second-order valence-corrected chi connectivity index (χ2v) is 6.93. The maximum Gasteiger partial charge on any atom is 0.210 e. The molecule has 106 valence electrons. The first kappa shape index (κ1) is 14.4. The molecule has 1 aromatic heterocycles. The fourth-order valence-electron chi connectivity index (χ4n) is 2.62. The van der Waals surface area contributed by atoms with E-state index in [9.17, 15) is 8.42 Å². The van der Waals surface area contributed by atoms with Gasteiger partial charge in [-0.1, -0.05) is 6.42 Å². The van der Waals surface area contributed by atoms with Gasteiger partial charge in [-0.05, 0) is 44.0 Å². The molecule has 19 heavy (non-hydrogen) atoms. The van der Waals surface area contributed by atoms with E-state index in [4.69, 9.17) is 5.14 Å². The molecule has 0 saturated carbocycles. The number of hydrogen-bond donors (Lipinski definition) is 1. The molecule has 0 spiro atoms. The number of aromatic nitrogens is 1. The van der Waals surface area contributed by atoms with Crippen LogP contribution in [0.2, 0.25) is 0 Å². The molecule has 1 aliphatic heterocycles. The largest absolute Gasteiger partial charge is 0.294 e. The summed E-state index contributed by atoms with van der Waals surface area (Å²) in [7, 11) is -3.42. The first-order valence-corrected chi connectivity index (χ1v) is 8.32. The molecule has 5 nitrogen and oxygen atoms in total. The summed E-state index contributed by atoms with van der Waals surface area (Å²) in [5.74, 6) is 0.0405. The van der Waals surface area contributed by atoms with Crippen LogP contribution in [0.5, 0.6) is 0 Å². The number of pyridine rings is 1. The normalized spacial score (nSPS) is 21.5. The van der Waals surface area contributed by atoms with E-state index in [2.05, 4.69) is 9.88 Å². The van der Waals surface area contributed by atoms with Crippen molar-refractivity contribution in [2.24, 2.45) is 5.14 Å². The molecule has 2 rings (SSSR count). The fourth-order valence-corrected chi connectivity index (χ4v) is 3.53. The third kappa shape index (κ3) is 4.56. The number of nitrogens with zero attached hydrogens (tertiary/aromatic N) is 2. The van der Waals surface area contributed by atoms with Crippen molar-refractivity contribution < 1.29 is 8.42 Å². The molecule has 0 amide bonds. The van der Waals surface area contributed by atoms with Gasteiger partial charge in [0.1, 0.15) is 0 Å². The number of rotatable bonds is 4. The lowest BCUT2D eigenvalue weighted by Crippen LogP contribution is -2.44. The average Bonchev–Trinajstić information content (AvgIpc) is 2.30. The molecule has 0 bridgehead atoms. The molecule has 2 N–H and O–H groups in total. The highest BCUT2D eigenvalue weighted by Gasteiger charge is 2.26. The fraction of sp³-hybridized carbons (Fsp3) is 0.615. The summed E-state index contributed by atoms with van der Waals surface area (Å²) in [5.41, 5.74) is 2.16. The van der Waals surface area contributed by atoms with Crippen LogP contribution in [0.15, 0.2) is 18.3 Å². The molecule has 0 radical (unpaired) electrons. The van der Waals surface area contributed by atoms with Crippen LogP contribution in [0.3, 0.4) is 0 Å². The minimum Gasteiger partial charge on any atom is -0.294 e. The second-order valence-electron chi connectivity index (χ2n) is 5.27. The minimum absolute atomic E-state index is 0.0195. The molecule has 1 unspecified atom stereocenters. The number of hydrogen-bond acceptors (Lipinski definition) is 4. The van der Waals surface area contributed by atoms with Gasteiger partial charge in [0.25, 0.3) is 0 Å². The van der Waals surface area contributed by atoms with Gasteiger partial charge in [-0.15, -0.1) is 0 Å². The van der Waals surface area contributed by atoms with Crippen LogP contribution in [0.1, 0.15) is 30.5 Å². The van der Waals surface area contributed by atoms with Crippen LogP contribution in [-0.4, -0.2) is 36.6 Å². The van der Waals surface area contributed by atoms with Crippen LogP contribution in [0.25, 0.3) is 0 Å². The SMILES string of the molecule is Cc1ccnc(CN2CCCCC2CS(N)(=O)=O)c1. The molecule has 0 aromatic carbocycles. The summed E-state index contributed by atoms with van der Waals surface area (Å²) < 4.78 is 22.6. The van der Waals surface area contributed by atoms with Crippen molar-refractivity contribution in [3.63, 3.8) is 0 Å². The van der Waals surface area contributed by atoms with E-state index in [-0.39, 0.29) is 11.8 Å². The Bertz CT molecular complexity index is 530. The zero-order chi connectivity index (χ0) is 13.9.